The van der Waals surface area contributed by atoms with Crippen molar-refractivity contribution in [3.63, 3.8) is 0 Å². The molecule has 1 aromatic carbocycles. The van der Waals surface area contributed by atoms with Crippen LogP contribution in [0.15, 0.2) is 47.4 Å². The Balaban J connectivity index is 1.77. The minimum absolute atomic E-state index is 0.524. The van der Waals surface area contributed by atoms with Crippen LogP contribution in [0.2, 0.25) is 0 Å². The number of hydrogen-bond donors (Lipinski definition) is 0. The lowest BCUT2D eigenvalue weighted by Crippen LogP contribution is -1.88. The highest BCUT2D eigenvalue weighted by Gasteiger charge is 2.13. The molecule has 0 radical (unpaired) electrons. The minimum atomic E-state index is 0.524. The van der Waals surface area contributed by atoms with Crippen LogP contribution >= 0.6 is 0 Å². The number of rotatable bonds is 2. The van der Waals surface area contributed by atoms with E-state index in [1.54, 1.807) is 6.33 Å². The topological polar surface area (TPSA) is 69.1 Å². The summed E-state index contributed by atoms with van der Waals surface area (Å²) in [5.41, 5.74) is 4.91. The summed E-state index contributed by atoms with van der Waals surface area (Å²) >= 11 is 0. The van der Waals surface area contributed by atoms with Crippen LogP contribution in [0.25, 0.3) is 28.5 Å². The van der Waals surface area contributed by atoms with Gasteiger partial charge in [0.2, 0.25) is 5.82 Å². The Kier molecular flexibility index (Phi) is 2.75. The first kappa shape index (κ1) is 12.7. The second kappa shape index (κ2) is 4.77. The third kappa shape index (κ3) is 2.05. The molecule has 0 aliphatic heterocycles. The molecule has 0 atom stereocenters. The summed E-state index contributed by atoms with van der Waals surface area (Å²) in [6.45, 7) is 4.10. The summed E-state index contributed by atoms with van der Waals surface area (Å²) in [7, 11) is 0. The average Bonchev–Trinajstić information content (AvgIpc) is 3.15. The summed E-state index contributed by atoms with van der Waals surface area (Å²) in [5, 5.41) is 11.9. The van der Waals surface area contributed by atoms with Crippen LogP contribution in [0, 0.1) is 13.8 Å². The fraction of sp³-hybridized carbons (Fsp3) is 0.125. The molecular formula is C16H13N5O. The largest absolute Gasteiger partial charge is 0.334 e. The molecule has 0 saturated carbocycles. The van der Waals surface area contributed by atoms with Gasteiger partial charge in [-0.25, -0.2) is 0 Å². The molecule has 0 N–H and O–H groups in total. The second-order valence-electron chi connectivity index (χ2n) is 5.26. The molecule has 0 spiro atoms. The van der Waals surface area contributed by atoms with Crippen molar-refractivity contribution in [2.45, 2.75) is 13.8 Å². The Labute approximate surface area is 126 Å². The monoisotopic (exact) mass is 291 g/mol. The third-order valence-corrected chi connectivity index (χ3v) is 3.59. The zero-order valence-electron chi connectivity index (χ0n) is 12.2. The van der Waals surface area contributed by atoms with Crippen molar-refractivity contribution < 1.29 is 4.52 Å². The Hall–Kier alpha value is -3.02. The van der Waals surface area contributed by atoms with Crippen molar-refractivity contribution in [2.24, 2.45) is 0 Å². The Morgan fingerprint density at radius 3 is 2.86 bits per heavy atom. The number of fused-ring (bicyclic) bond motifs is 1. The number of benzene rings is 1. The zero-order chi connectivity index (χ0) is 15.1. The summed E-state index contributed by atoms with van der Waals surface area (Å²) < 4.78 is 7.24. The molecule has 3 aromatic heterocycles. The molecule has 0 aliphatic carbocycles. The van der Waals surface area contributed by atoms with Crippen molar-refractivity contribution in [2.75, 3.05) is 0 Å². The van der Waals surface area contributed by atoms with E-state index in [1.165, 1.54) is 5.56 Å². The van der Waals surface area contributed by atoms with E-state index < -0.39 is 0 Å². The smallest absolute Gasteiger partial charge is 0.258 e. The van der Waals surface area contributed by atoms with Crippen molar-refractivity contribution in [3.8, 4) is 22.8 Å². The normalized spacial score (nSPS) is 11.2. The molecule has 6 heteroatoms. The van der Waals surface area contributed by atoms with E-state index in [2.05, 4.69) is 33.3 Å². The summed E-state index contributed by atoms with van der Waals surface area (Å²) in [6.07, 6.45) is 3.52. The minimum Gasteiger partial charge on any atom is -0.334 e. The lowest BCUT2D eigenvalue weighted by atomic mass is 10.1. The second-order valence-corrected chi connectivity index (χ2v) is 5.26. The van der Waals surface area contributed by atoms with Gasteiger partial charge in [0.15, 0.2) is 5.65 Å². The van der Waals surface area contributed by atoms with E-state index in [-0.39, 0.29) is 0 Å². The maximum absolute atomic E-state index is 5.42. The van der Waals surface area contributed by atoms with Crippen molar-refractivity contribution >= 4 is 5.65 Å². The fourth-order valence-electron chi connectivity index (χ4n) is 2.46. The molecule has 4 aromatic rings. The predicted octanol–water partition coefficient (Wildman–Crippen LogP) is 3.06. The van der Waals surface area contributed by atoms with Gasteiger partial charge in [0.25, 0.3) is 5.89 Å². The van der Waals surface area contributed by atoms with Gasteiger partial charge >= 0.3 is 0 Å². The number of pyridine rings is 1. The molecule has 0 fully saturated rings. The molecule has 22 heavy (non-hydrogen) atoms. The van der Waals surface area contributed by atoms with Gasteiger partial charge in [-0.1, -0.05) is 22.9 Å². The maximum Gasteiger partial charge on any atom is 0.258 e. The number of hydrogen-bond acceptors (Lipinski definition) is 5. The van der Waals surface area contributed by atoms with E-state index in [4.69, 9.17) is 4.52 Å². The van der Waals surface area contributed by atoms with E-state index in [1.807, 2.05) is 41.8 Å². The first-order chi connectivity index (χ1) is 10.7. The molecule has 0 saturated heterocycles. The fourth-order valence-corrected chi connectivity index (χ4v) is 2.46. The van der Waals surface area contributed by atoms with Gasteiger partial charge in [0, 0.05) is 17.3 Å². The van der Waals surface area contributed by atoms with E-state index in [0.29, 0.717) is 11.7 Å². The van der Waals surface area contributed by atoms with Crippen molar-refractivity contribution in [1.82, 2.24) is 24.7 Å². The van der Waals surface area contributed by atoms with Gasteiger partial charge < -0.3 is 4.52 Å². The lowest BCUT2D eigenvalue weighted by molar-refractivity contribution is 0.432. The molecule has 0 amide bonds. The van der Waals surface area contributed by atoms with Crippen LogP contribution in [0.1, 0.15) is 11.1 Å². The third-order valence-electron chi connectivity index (χ3n) is 3.59. The van der Waals surface area contributed by atoms with Gasteiger partial charge in [-0.2, -0.15) is 4.98 Å². The lowest BCUT2D eigenvalue weighted by Gasteiger charge is -2.01. The quantitative estimate of drug-likeness (QED) is 0.567. The van der Waals surface area contributed by atoms with Crippen LogP contribution in [0.4, 0.5) is 0 Å². The van der Waals surface area contributed by atoms with Gasteiger partial charge in [0.05, 0.1) is 0 Å². The number of aryl methyl sites for hydroxylation is 2. The SMILES string of the molecule is Cc1ccc(-c2nc(-c3ccc4nncn4c3)no2)c(C)c1. The molecule has 4 rings (SSSR count). The van der Waals surface area contributed by atoms with Gasteiger partial charge in [0.1, 0.15) is 6.33 Å². The van der Waals surface area contributed by atoms with Gasteiger partial charge in [-0.05, 0) is 37.6 Å². The molecular weight excluding hydrogens is 278 g/mol. The van der Waals surface area contributed by atoms with Crippen molar-refractivity contribution in [3.05, 3.63) is 54.0 Å². The van der Waals surface area contributed by atoms with E-state index in [0.717, 1.165) is 22.3 Å². The van der Waals surface area contributed by atoms with Crippen molar-refractivity contribution in [1.29, 1.82) is 0 Å². The van der Waals surface area contributed by atoms with Gasteiger partial charge in [-0.15, -0.1) is 10.2 Å². The van der Waals surface area contributed by atoms with Crippen LogP contribution in [0.5, 0.6) is 0 Å². The summed E-state index contributed by atoms with van der Waals surface area (Å²) in [5.74, 6) is 1.07. The van der Waals surface area contributed by atoms with Crippen LogP contribution in [-0.2, 0) is 0 Å². The number of nitrogens with zero attached hydrogens (tertiary/aromatic N) is 5. The molecule has 108 valence electrons. The Morgan fingerprint density at radius 1 is 1.09 bits per heavy atom. The maximum atomic E-state index is 5.42. The molecule has 0 unspecified atom stereocenters. The first-order valence-corrected chi connectivity index (χ1v) is 6.92. The summed E-state index contributed by atoms with van der Waals surface area (Å²) in [4.78, 5) is 4.50. The Bertz CT molecular complexity index is 970. The summed E-state index contributed by atoms with van der Waals surface area (Å²) in [6, 6.07) is 9.92. The van der Waals surface area contributed by atoms with E-state index >= 15 is 0 Å². The molecule has 3 heterocycles. The van der Waals surface area contributed by atoms with Crippen LogP contribution in [-0.4, -0.2) is 24.7 Å². The highest BCUT2D eigenvalue weighted by atomic mass is 16.5. The molecule has 0 aliphatic rings. The number of aromatic nitrogens is 5. The Morgan fingerprint density at radius 2 is 2.00 bits per heavy atom. The zero-order valence-corrected chi connectivity index (χ0v) is 12.2. The van der Waals surface area contributed by atoms with Crippen LogP contribution in [0.3, 0.4) is 0 Å². The highest BCUT2D eigenvalue weighted by molar-refractivity contribution is 5.63. The molecule has 0 bridgehead atoms. The predicted molar refractivity (Wildman–Crippen MR) is 81.2 cm³/mol. The highest BCUT2D eigenvalue weighted by Crippen LogP contribution is 2.25. The van der Waals surface area contributed by atoms with E-state index in [9.17, 15) is 0 Å². The van der Waals surface area contributed by atoms with Gasteiger partial charge in [-0.3, -0.25) is 4.40 Å². The first-order valence-electron chi connectivity index (χ1n) is 6.92. The van der Waals surface area contributed by atoms with Crippen LogP contribution < -0.4 is 0 Å². The standard InChI is InChI=1S/C16H13N5O/c1-10-3-5-13(11(2)7-10)16-18-15(20-22-16)12-4-6-14-19-17-9-21(14)8-12/h3-9H,1-2H3. The average molecular weight is 291 g/mol. The molecule has 6 nitrogen and oxygen atoms in total.